The maximum atomic E-state index is 13.4. The molecule has 7 nitrogen and oxygen atoms in total. The molecular formula is C23H23ClN2O5S. The lowest BCUT2D eigenvalue weighted by atomic mass is 10.2. The van der Waals surface area contributed by atoms with E-state index in [0.717, 1.165) is 9.87 Å². The van der Waals surface area contributed by atoms with Gasteiger partial charge in [0.1, 0.15) is 18.0 Å². The second kappa shape index (κ2) is 9.93. The molecule has 0 aliphatic carbocycles. The number of ether oxygens (including phenoxy) is 2. The number of amides is 1. The third-order valence-electron chi connectivity index (χ3n) is 4.69. The number of carbonyl (C=O) groups is 1. The molecule has 0 unspecified atom stereocenters. The van der Waals surface area contributed by atoms with Crippen LogP contribution in [0.15, 0.2) is 71.6 Å². The molecular weight excluding hydrogens is 452 g/mol. The number of carbonyl (C=O) groups excluding carboxylic acids is 1. The Morgan fingerprint density at radius 1 is 0.969 bits per heavy atom. The average molecular weight is 475 g/mol. The van der Waals surface area contributed by atoms with Crippen LogP contribution < -0.4 is 19.1 Å². The van der Waals surface area contributed by atoms with Crippen molar-refractivity contribution >= 4 is 38.9 Å². The summed E-state index contributed by atoms with van der Waals surface area (Å²) in [5.41, 5.74) is 1.67. The molecule has 0 atom stereocenters. The highest BCUT2D eigenvalue weighted by molar-refractivity contribution is 7.92. The van der Waals surface area contributed by atoms with Gasteiger partial charge in [-0.25, -0.2) is 8.42 Å². The quantitative estimate of drug-likeness (QED) is 0.519. The number of hydrogen-bond donors (Lipinski definition) is 1. The summed E-state index contributed by atoms with van der Waals surface area (Å²) >= 11 is 6.11. The van der Waals surface area contributed by atoms with Crippen molar-refractivity contribution in [3.8, 4) is 11.5 Å². The second-order valence-electron chi connectivity index (χ2n) is 6.92. The van der Waals surface area contributed by atoms with E-state index in [-0.39, 0.29) is 4.90 Å². The number of nitrogens with zero attached hydrogens (tertiary/aromatic N) is 1. The molecule has 0 saturated carbocycles. The van der Waals surface area contributed by atoms with Crippen molar-refractivity contribution in [3.63, 3.8) is 0 Å². The van der Waals surface area contributed by atoms with Crippen molar-refractivity contribution in [2.24, 2.45) is 0 Å². The van der Waals surface area contributed by atoms with Crippen LogP contribution in [0.2, 0.25) is 5.02 Å². The number of hydrogen-bond acceptors (Lipinski definition) is 5. The Balaban J connectivity index is 1.92. The summed E-state index contributed by atoms with van der Waals surface area (Å²) < 4.78 is 38.1. The minimum Gasteiger partial charge on any atom is -0.497 e. The molecule has 3 aromatic rings. The molecule has 0 radical (unpaired) electrons. The minimum atomic E-state index is -4.01. The highest BCUT2D eigenvalue weighted by atomic mass is 35.5. The van der Waals surface area contributed by atoms with Crippen LogP contribution in [-0.4, -0.2) is 35.1 Å². The molecule has 1 N–H and O–H groups in total. The van der Waals surface area contributed by atoms with Gasteiger partial charge in [-0.05, 0) is 61.5 Å². The molecule has 0 spiro atoms. The van der Waals surface area contributed by atoms with Crippen molar-refractivity contribution in [2.75, 3.05) is 30.4 Å². The van der Waals surface area contributed by atoms with Crippen LogP contribution in [0.1, 0.15) is 5.56 Å². The van der Waals surface area contributed by atoms with Crippen molar-refractivity contribution in [3.05, 3.63) is 77.3 Å². The van der Waals surface area contributed by atoms with Crippen molar-refractivity contribution in [2.45, 2.75) is 11.8 Å². The van der Waals surface area contributed by atoms with E-state index in [0.29, 0.717) is 27.9 Å². The largest absolute Gasteiger partial charge is 0.497 e. The lowest BCUT2D eigenvalue weighted by Crippen LogP contribution is -2.38. The molecule has 0 saturated heterocycles. The van der Waals surface area contributed by atoms with Gasteiger partial charge in [0.2, 0.25) is 5.91 Å². The van der Waals surface area contributed by atoms with Gasteiger partial charge in [0.15, 0.2) is 0 Å². The van der Waals surface area contributed by atoms with Gasteiger partial charge in [0, 0.05) is 5.69 Å². The second-order valence-corrected chi connectivity index (χ2v) is 9.19. The van der Waals surface area contributed by atoms with E-state index < -0.39 is 22.5 Å². The molecule has 0 aromatic heterocycles. The van der Waals surface area contributed by atoms with Crippen LogP contribution in [-0.2, 0) is 14.8 Å². The fourth-order valence-corrected chi connectivity index (χ4v) is 4.65. The number of sulfonamides is 1. The van der Waals surface area contributed by atoms with Gasteiger partial charge in [-0.3, -0.25) is 9.10 Å². The maximum Gasteiger partial charge on any atom is 0.264 e. The van der Waals surface area contributed by atoms with Crippen molar-refractivity contribution < 1.29 is 22.7 Å². The Labute approximate surface area is 192 Å². The standard InChI is InChI=1S/C23H23ClN2O5S/c1-16-4-11-20(12-5-16)32(28,29)26(18-7-9-19(30-2)10-8-18)15-23(27)25-17-6-13-22(31-3)21(24)14-17/h4-14H,15H2,1-3H3,(H,25,27). The SMILES string of the molecule is COc1ccc(N(CC(=O)Nc2ccc(OC)c(Cl)c2)S(=O)(=O)c2ccc(C)cc2)cc1. The topological polar surface area (TPSA) is 84.9 Å². The molecule has 0 aliphatic rings. The Morgan fingerprint density at radius 2 is 1.62 bits per heavy atom. The molecule has 3 aromatic carbocycles. The van der Waals surface area contributed by atoms with Gasteiger partial charge < -0.3 is 14.8 Å². The van der Waals surface area contributed by atoms with Gasteiger partial charge in [0.25, 0.3) is 10.0 Å². The van der Waals surface area contributed by atoms with E-state index in [1.165, 1.54) is 32.4 Å². The van der Waals surface area contributed by atoms with E-state index >= 15 is 0 Å². The van der Waals surface area contributed by atoms with Crippen LogP contribution in [0.5, 0.6) is 11.5 Å². The zero-order valence-electron chi connectivity index (χ0n) is 17.8. The zero-order chi connectivity index (χ0) is 23.3. The number of anilines is 2. The van der Waals surface area contributed by atoms with Gasteiger partial charge in [-0.2, -0.15) is 0 Å². The summed E-state index contributed by atoms with van der Waals surface area (Å²) in [6.07, 6.45) is 0. The van der Waals surface area contributed by atoms with Crippen LogP contribution in [0.3, 0.4) is 0 Å². The van der Waals surface area contributed by atoms with Crippen LogP contribution >= 0.6 is 11.6 Å². The predicted octanol–water partition coefficient (Wildman–Crippen LogP) is 4.50. The lowest BCUT2D eigenvalue weighted by molar-refractivity contribution is -0.114. The van der Waals surface area contributed by atoms with Crippen LogP contribution in [0, 0.1) is 6.92 Å². The van der Waals surface area contributed by atoms with E-state index in [4.69, 9.17) is 21.1 Å². The average Bonchev–Trinajstić information content (AvgIpc) is 2.78. The third-order valence-corrected chi connectivity index (χ3v) is 6.78. The fourth-order valence-electron chi connectivity index (χ4n) is 2.98. The van der Waals surface area contributed by atoms with E-state index in [9.17, 15) is 13.2 Å². The highest BCUT2D eigenvalue weighted by Crippen LogP contribution is 2.28. The van der Waals surface area contributed by atoms with Gasteiger partial charge >= 0.3 is 0 Å². The smallest absolute Gasteiger partial charge is 0.264 e. The Kier molecular flexibility index (Phi) is 7.27. The fraction of sp³-hybridized carbons (Fsp3) is 0.174. The summed E-state index contributed by atoms with van der Waals surface area (Å²) in [6.45, 7) is 1.43. The van der Waals surface area contributed by atoms with Gasteiger partial charge in [0.05, 0.1) is 29.8 Å². The molecule has 1 amide bonds. The van der Waals surface area contributed by atoms with Crippen molar-refractivity contribution in [1.29, 1.82) is 0 Å². The summed E-state index contributed by atoms with van der Waals surface area (Å²) in [4.78, 5) is 12.9. The number of nitrogens with one attached hydrogen (secondary N) is 1. The summed E-state index contributed by atoms with van der Waals surface area (Å²) in [6, 6.07) is 17.6. The first-order valence-electron chi connectivity index (χ1n) is 9.61. The number of methoxy groups -OCH3 is 2. The molecule has 0 aliphatic heterocycles. The lowest BCUT2D eigenvalue weighted by Gasteiger charge is -2.24. The minimum absolute atomic E-state index is 0.0826. The van der Waals surface area contributed by atoms with E-state index in [2.05, 4.69) is 5.32 Å². The van der Waals surface area contributed by atoms with E-state index in [1.807, 2.05) is 6.92 Å². The maximum absolute atomic E-state index is 13.4. The number of rotatable bonds is 8. The number of halogens is 1. The Bertz CT molecular complexity index is 1200. The summed E-state index contributed by atoms with van der Waals surface area (Å²) in [5, 5.41) is 3.00. The Morgan fingerprint density at radius 3 is 2.19 bits per heavy atom. The number of aryl methyl sites for hydroxylation is 1. The first kappa shape index (κ1) is 23.4. The third kappa shape index (κ3) is 5.33. The van der Waals surface area contributed by atoms with Crippen LogP contribution in [0.25, 0.3) is 0 Å². The molecule has 0 fully saturated rings. The summed E-state index contributed by atoms with van der Waals surface area (Å²) in [5.74, 6) is 0.503. The Hall–Kier alpha value is -3.23. The highest BCUT2D eigenvalue weighted by Gasteiger charge is 2.27. The molecule has 32 heavy (non-hydrogen) atoms. The van der Waals surface area contributed by atoms with Crippen molar-refractivity contribution in [1.82, 2.24) is 0 Å². The molecule has 9 heteroatoms. The first-order valence-corrected chi connectivity index (χ1v) is 11.4. The first-order chi connectivity index (χ1) is 15.2. The van der Waals surface area contributed by atoms with E-state index in [1.54, 1.807) is 48.5 Å². The number of benzene rings is 3. The molecule has 3 rings (SSSR count). The molecule has 0 bridgehead atoms. The zero-order valence-corrected chi connectivity index (χ0v) is 19.4. The monoisotopic (exact) mass is 474 g/mol. The predicted molar refractivity (Wildman–Crippen MR) is 125 cm³/mol. The van der Waals surface area contributed by atoms with Crippen LogP contribution in [0.4, 0.5) is 11.4 Å². The molecule has 0 heterocycles. The van der Waals surface area contributed by atoms with Gasteiger partial charge in [-0.15, -0.1) is 0 Å². The van der Waals surface area contributed by atoms with Gasteiger partial charge in [-0.1, -0.05) is 29.3 Å². The normalized spacial score (nSPS) is 11.0. The summed E-state index contributed by atoms with van der Waals surface area (Å²) in [7, 11) is -1.01. The molecule has 168 valence electrons.